The molecule has 222 valence electrons. The van der Waals surface area contributed by atoms with E-state index in [-0.39, 0.29) is 43.6 Å². The molecule has 4 rings (SSSR count). The van der Waals surface area contributed by atoms with Gasteiger partial charge < -0.3 is 24.3 Å². The van der Waals surface area contributed by atoms with Gasteiger partial charge in [-0.25, -0.2) is 9.37 Å². The van der Waals surface area contributed by atoms with Crippen LogP contribution in [0.15, 0.2) is 54.6 Å². The Bertz CT molecular complexity index is 1310. The zero-order valence-electron chi connectivity index (χ0n) is 23.9. The largest absolute Gasteiger partial charge is 0.473 e. The Hall–Kier alpha value is -2.43. The smallest absolute Gasteiger partial charge is 0.213 e. The number of terminal acetylenes is 1. The van der Waals surface area contributed by atoms with Crippen molar-refractivity contribution in [3.8, 4) is 18.7 Å². The van der Waals surface area contributed by atoms with Gasteiger partial charge in [-0.2, -0.15) is 6.07 Å². The molecular formula is C32H36ClFN3O4U-. The summed E-state index contributed by atoms with van der Waals surface area (Å²) < 4.78 is 25.1. The number of ether oxygens (including phenoxy) is 2. The van der Waals surface area contributed by atoms with Gasteiger partial charge in [0.2, 0.25) is 5.88 Å². The molecule has 1 N–H and O–H groups in total. The average Bonchev–Trinajstić information content (AvgIpc) is 2.98. The first-order valence-electron chi connectivity index (χ1n) is 13.4. The van der Waals surface area contributed by atoms with E-state index >= 15 is 0 Å². The SMILES string of the molecule is C#C.COCCN(CCN1CC[C@H](c2cccc(OCc3ccc(Cl)cc3F)n2)C(O)C1)c1cc([C-]=O)ccc1C.[U]. The molecule has 2 heterocycles. The molecule has 0 radical (unpaired) electrons. The van der Waals surface area contributed by atoms with Gasteiger partial charge in [0.25, 0.3) is 0 Å². The molecule has 10 heteroatoms. The van der Waals surface area contributed by atoms with Gasteiger partial charge in [0, 0.05) is 87.0 Å². The number of aromatic nitrogens is 1. The molecule has 2 aromatic carbocycles. The molecule has 1 saturated heterocycles. The minimum absolute atomic E-state index is 0. The van der Waals surface area contributed by atoms with Crippen LogP contribution >= 0.6 is 11.6 Å². The van der Waals surface area contributed by atoms with Crippen LogP contribution in [0, 0.1) is 56.7 Å². The van der Waals surface area contributed by atoms with Crippen LogP contribution in [0.25, 0.3) is 0 Å². The van der Waals surface area contributed by atoms with Gasteiger partial charge in [-0.3, -0.25) is 4.90 Å². The summed E-state index contributed by atoms with van der Waals surface area (Å²) in [6.45, 7) is 6.13. The number of methoxy groups -OCH3 is 1. The van der Waals surface area contributed by atoms with Crippen LogP contribution in [0.5, 0.6) is 5.88 Å². The molecule has 1 unspecified atom stereocenters. The number of likely N-dealkylation sites (tertiary alicyclic amines) is 1. The van der Waals surface area contributed by atoms with Crippen LogP contribution < -0.4 is 9.64 Å². The number of aliphatic hydroxyl groups excluding tert-OH is 1. The van der Waals surface area contributed by atoms with E-state index in [1.165, 1.54) is 6.07 Å². The second kappa shape index (κ2) is 18.3. The Kier molecular flexibility index (Phi) is 15.6. The maximum Gasteiger partial charge on any atom is 0.213 e. The number of aryl methyl sites for hydroxylation is 1. The molecule has 1 fully saturated rings. The number of rotatable bonds is 12. The van der Waals surface area contributed by atoms with Gasteiger partial charge in [0.05, 0.1) is 24.7 Å². The molecule has 3 aromatic rings. The molecule has 1 aliphatic heterocycles. The quantitative estimate of drug-likeness (QED) is 0.209. The van der Waals surface area contributed by atoms with Crippen molar-refractivity contribution >= 4 is 23.6 Å². The normalized spacial score (nSPS) is 16.5. The molecule has 1 aliphatic rings. The van der Waals surface area contributed by atoms with Crippen molar-refractivity contribution in [3.63, 3.8) is 0 Å². The Balaban J connectivity index is 0.00000201. The van der Waals surface area contributed by atoms with E-state index in [4.69, 9.17) is 21.1 Å². The van der Waals surface area contributed by atoms with Crippen LogP contribution in [-0.2, 0) is 16.1 Å². The molecule has 0 spiro atoms. The van der Waals surface area contributed by atoms with Crippen LogP contribution in [0.1, 0.15) is 34.7 Å². The first-order chi connectivity index (χ1) is 19.9. The summed E-state index contributed by atoms with van der Waals surface area (Å²) >= 11 is 5.83. The summed E-state index contributed by atoms with van der Waals surface area (Å²) in [4.78, 5) is 20.3. The zero-order chi connectivity index (χ0) is 29.8. The Morgan fingerprint density at radius 1 is 1.19 bits per heavy atom. The summed E-state index contributed by atoms with van der Waals surface area (Å²) in [6.07, 6.45) is 10.1. The molecule has 0 saturated carbocycles. The third-order valence-corrected chi connectivity index (χ3v) is 7.34. The van der Waals surface area contributed by atoms with Crippen molar-refractivity contribution < 1.29 is 54.9 Å². The number of halogens is 2. The zero-order valence-corrected chi connectivity index (χ0v) is 28.9. The number of anilines is 1. The molecule has 7 nitrogen and oxygen atoms in total. The van der Waals surface area contributed by atoms with Crippen molar-refractivity contribution in [2.45, 2.75) is 32.0 Å². The van der Waals surface area contributed by atoms with Crippen LogP contribution in [0.2, 0.25) is 5.02 Å². The number of hydrogen-bond acceptors (Lipinski definition) is 7. The third kappa shape index (κ3) is 10.1. The number of benzene rings is 2. The summed E-state index contributed by atoms with van der Waals surface area (Å²) in [7, 11) is 1.67. The Morgan fingerprint density at radius 2 is 1.98 bits per heavy atom. The Morgan fingerprint density at radius 3 is 2.67 bits per heavy atom. The molecule has 42 heavy (non-hydrogen) atoms. The molecule has 0 aliphatic carbocycles. The molecular weight excluding hydrogens is 783 g/mol. The van der Waals surface area contributed by atoms with Gasteiger partial charge in [0.15, 0.2) is 0 Å². The fourth-order valence-corrected chi connectivity index (χ4v) is 5.04. The van der Waals surface area contributed by atoms with Crippen LogP contribution in [0.4, 0.5) is 10.1 Å². The van der Waals surface area contributed by atoms with Crippen LogP contribution in [-0.4, -0.2) is 73.8 Å². The van der Waals surface area contributed by atoms with Gasteiger partial charge in [-0.1, -0.05) is 29.3 Å². The molecule has 0 amide bonds. The fraction of sp³-hybridized carbons (Fsp3) is 0.375. The topological polar surface area (TPSA) is 75.1 Å². The third-order valence-electron chi connectivity index (χ3n) is 7.10. The Labute approximate surface area is 276 Å². The molecule has 2 atom stereocenters. The maximum absolute atomic E-state index is 14.1. The summed E-state index contributed by atoms with van der Waals surface area (Å²) in [5.41, 5.74) is 3.74. The van der Waals surface area contributed by atoms with E-state index in [0.717, 1.165) is 43.0 Å². The number of β-amino-alcohol motifs (C(OH)–C–C–N with tert-alkyl or cyclic N) is 1. The predicted molar refractivity (Wildman–Crippen MR) is 160 cm³/mol. The van der Waals surface area contributed by atoms with E-state index < -0.39 is 11.9 Å². The fourth-order valence-electron chi connectivity index (χ4n) is 4.88. The second-order valence-electron chi connectivity index (χ2n) is 9.77. The van der Waals surface area contributed by atoms with Crippen molar-refractivity contribution in [1.82, 2.24) is 9.88 Å². The van der Waals surface area contributed by atoms with Gasteiger partial charge in [-0.15, -0.1) is 30.5 Å². The van der Waals surface area contributed by atoms with Crippen molar-refractivity contribution in [1.29, 1.82) is 0 Å². The average molecular weight is 819 g/mol. The minimum Gasteiger partial charge on any atom is -0.473 e. The van der Waals surface area contributed by atoms with Gasteiger partial charge in [-0.05, 0) is 43.8 Å². The van der Waals surface area contributed by atoms with E-state index in [0.29, 0.717) is 41.7 Å². The number of pyridine rings is 1. The summed E-state index contributed by atoms with van der Waals surface area (Å²) in [6, 6.07) is 15.5. The number of nitrogens with zero attached hydrogens (tertiary/aromatic N) is 3. The summed E-state index contributed by atoms with van der Waals surface area (Å²) in [5, 5.41) is 11.4. The second-order valence-corrected chi connectivity index (χ2v) is 10.2. The monoisotopic (exact) mass is 818 g/mol. The first kappa shape index (κ1) is 35.8. The predicted octanol–water partition coefficient (Wildman–Crippen LogP) is 4.77. The number of hydrogen-bond donors (Lipinski definition) is 1. The summed E-state index contributed by atoms with van der Waals surface area (Å²) in [5.74, 6) is -0.161. The van der Waals surface area contributed by atoms with Crippen molar-refractivity contribution in [2.24, 2.45) is 0 Å². The van der Waals surface area contributed by atoms with Crippen molar-refractivity contribution in [3.05, 3.63) is 87.8 Å². The van der Waals surface area contributed by atoms with E-state index in [1.807, 2.05) is 37.5 Å². The maximum atomic E-state index is 14.1. The minimum atomic E-state index is -0.586. The van der Waals surface area contributed by atoms with Crippen LogP contribution in [0.3, 0.4) is 0 Å². The molecule has 0 bridgehead atoms. The number of piperidine rings is 1. The van der Waals surface area contributed by atoms with Gasteiger partial charge in [0.1, 0.15) is 12.4 Å². The number of aliphatic hydroxyl groups is 1. The standard InChI is InChI=1S/C30H34ClFN3O4.C2H2.U/c1-21-6-7-22(19-36)16-28(21)35(14-15-38-2)13-12-34-11-10-25(29(37)18-34)27-4-3-5-30(33-27)39-20-23-8-9-24(31)17-26(23)32;1-2;/h3-9,16-17,25,29,37H,10-15,18,20H2,1-2H3;1-2H;/q-1;;/t25-,29?;;/m1../s1. The van der Waals surface area contributed by atoms with E-state index in [9.17, 15) is 14.3 Å². The van der Waals surface area contributed by atoms with E-state index in [1.54, 1.807) is 31.4 Å². The van der Waals surface area contributed by atoms with E-state index in [2.05, 4.69) is 27.6 Å². The van der Waals surface area contributed by atoms with Gasteiger partial charge >= 0.3 is 0 Å². The molecule has 1 aromatic heterocycles. The first-order valence-corrected chi connectivity index (χ1v) is 13.8. The number of carbonyl (C=O) groups excluding carboxylic acids is 1. The van der Waals surface area contributed by atoms with Crippen molar-refractivity contribution in [2.75, 3.05) is 51.3 Å².